The number of halogens is 1. The number of hydrogen-bond acceptors (Lipinski definition) is 5. The Balaban J connectivity index is 1.39. The van der Waals surface area contributed by atoms with E-state index in [1.54, 1.807) is 11.3 Å². The number of ether oxygens (including phenoxy) is 2. The Morgan fingerprint density at radius 2 is 1.76 bits per heavy atom. The van der Waals surface area contributed by atoms with E-state index in [0.717, 1.165) is 29.8 Å². The van der Waals surface area contributed by atoms with Crippen LogP contribution < -0.4 is 15.2 Å². The van der Waals surface area contributed by atoms with Gasteiger partial charge in [0.2, 0.25) is 0 Å². The summed E-state index contributed by atoms with van der Waals surface area (Å²) in [5, 5.41) is 2.70. The van der Waals surface area contributed by atoms with Crippen LogP contribution in [0.1, 0.15) is 12.8 Å². The largest absolute Gasteiger partial charge is 0.494 e. The maximum absolute atomic E-state index is 6.07. The number of rotatable bonds is 8. The smallest absolute Gasteiger partial charge is 0.142 e. The molecule has 6 heteroatoms. The molecule has 0 aliphatic carbocycles. The first-order chi connectivity index (χ1) is 12.2. The number of nitrogen functional groups attached to an aromatic ring is 1. The molecule has 3 aromatic rings. The second kappa shape index (κ2) is 8.74. The number of nitrogens with zero attached hydrogens (tertiary/aromatic N) is 1. The third-order valence-electron chi connectivity index (χ3n) is 3.62. The van der Waals surface area contributed by atoms with Crippen molar-refractivity contribution in [3.8, 4) is 22.8 Å². The van der Waals surface area contributed by atoms with Crippen molar-refractivity contribution < 1.29 is 9.47 Å². The quantitative estimate of drug-likeness (QED) is 0.430. The molecule has 25 heavy (non-hydrogen) atoms. The molecule has 0 fully saturated rings. The average Bonchev–Trinajstić information content (AvgIpc) is 3.15. The van der Waals surface area contributed by atoms with Gasteiger partial charge in [0.05, 0.1) is 30.1 Å². The Morgan fingerprint density at radius 1 is 1.00 bits per heavy atom. The molecule has 0 saturated carbocycles. The van der Waals surface area contributed by atoms with E-state index in [-0.39, 0.29) is 0 Å². The van der Waals surface area contributed by atoms with E-state index in [1.807, 2.05) is 53.4 Å². The highest BCUT2D eigenvalue weighted by atomic mass is 35.5. The van der Waals surface area contributed by atoms with Gasteiger partial charge in [-0.05, 0) is 55.3 Å². The summed E-state index contributed by atoms with van der Waals surface area (Å²) in [6.45, 7) is 1.24. The number of unbranched alkanes of at least 4 members (excludes halogenated alkanes) is 1. The summed E-state index contributed by atoms with van der Waals surface area (Å²) in [4.78, 5) is 4.28. The van der Waals surface area contributed by atoms with E-state index in [2.05, 4.69) is 4.98 Å². The summed E-state index contributed by atoms with van der Waals surface area (Å²) in [7, 11) is 0. The number of hydrogen-bond donors (Lipinski definition) is 1. The highest BCUT2D eigenvalue weighted by molar-refractivity contribution is 7.07. The van der Waals surface area contributed by atoms with Crippen LogP contribution in [-0.2, 0) is 0 Å². The number of nitrogens with two attached hydrogens (primary N) is 1. The predicted octanol–water partition coefficient (Wildman–Crippen LogP) is 5.28. The standard InChI is InChI=1S/C19H19ClN2O2S/c20-15-4-6-16(7-5-15)23-9-1-2-10-24-19-8-3-14(11-17(19)21)18-12-25-13-22-18/h3-8,11-13H,1-2,9-10,21H2. The Morgan fingerprint density at radius 3 is 2.44 bits per heavy atom. The molecule has 1 aromatic heterocycles. The van der Waals surface area contributed by atoms with Gasteiger partial charge in [-0.1, -0.05) is 11.6 Å². The fraction of sp³-hybridized carbons (Fsp3) is 0.211. The summed E-state index contributed by atoms with van der Waals surface area (Å²) < 4.78 is 11.4. The summed E-state index contributed by atoms with van der Waals surface area (Å²) in [6.07, 6.45) is 1.79. The van der Waals surface area contributed by atoms with Gasteiger partial charge in [0.15, 0.2) is 0 Å². The molecule has 0 bridgehead atoms. The molecule has 130 valence electrons. The summed E-state index contributed by atoms with van der Waals surface area (Å²) in [6, 6.07) is 13.1. The fourth-order valence-corrected chi connectivity index (χ4v) is 2.99. The van der Waals surface area contributed by atoms with Crippen molar-refractivity contribution in [2.45, 2.75) is 12.8 Å². The van der Waals surface area contributed by atoms with Crippen LogP contribution >= 0.6 is 22.9 Å². The second-order valence-corrected chi connectivity index (χ2v) is 6.64. The molecule has 1 heterocycles. The minimum Gasteiger partial charge on any atom is -0.494 e. The topological polar surface area (TPSA) is 57.4 Å². The van der Waals surface area contributed by atoms with Crippen LogP contribution in [0.25, 0.3) is 11.3 Å². The van der Waals surface area contributed by atoms with Gasteiger partial charge >= 0.3 is 0 Å². The van der Waals surface area contributed by atoms with Gasteiger partial charge in [0.25, 0.3) is 0 Å². The SMILES string of the molecule is Nc1cc(-c2cscn2)ccc1OCCCCOc1ccc(Cl)cc1. The van der Waals surface area contributed by atoms with E-state index in [4.69, 9.17) is 26.8 Å². The van der Waals surface area contributed by atoms with E-state index in [0.29, 0.717) is 29.7 Å². The lowest BCUT2D eigenvalue weighted by Gasteiger charge is -2.10. The molecule has 0 atom stereocenters. The monoisotopic (exact) mass is 374 g/mol. The first-order valence-corrected chi connectivity index (χ1v) is 9.34. The predicted molar refractivity (Wildman–Crippen MR) is 104 cm³/mol. The molecule has 0 radical (unpaired) electrons. The van der Waals surface area contributed by atoms with Gasteiger partial charge in [-0.3, -0.25) is 0 Å². The van der Waals surface area contributed by atoms with Crippen molar-refractivity contribution in [1.82, 2.24) is 4.98 Å². The van der Waals surface area contributed by atoms with Crippen LogP contribution in [0.5, 0.6) is 11.5 Å². The van der Waals surface area contributed by atoms with Crippen LogP contribution in [0.2, 0.25) is 5.02 Å². The molecule has 2 aromatic carbocycles. The van der Waals surface area contributed by atoms with Crippen molar-refractivity contribution in [2.75, 3.05) is 18.9 Å². The lowest BCUT2D eigenvalue weighted by Crippen LogP contribution is -2.04. The fourth-order valence-electron chi connectivity index (χ4n) is 2.30. The van der Waals surface area contributed by atoms with Crippen LogP contribution in [-0.4, -0.2) is 18.2 Å². The van der Waals surface area contributed by atoms with Crippen LogP contribution in [0, 0.1) is 0 Å². The van der Waals surface area contributed by atoms with Crippen LogP contribution in [0.4, 0.5) is 5.69 Å². The Kier molecular flexibility index (Phi) is 6.14. The number of aromatic nitrogens is 1. The molecule has 0 amide bonds. The van der Waals surface area contributed by atoms with Gasteiger partial charge in [-0.25, -0.2) is 4.98 Å². The van der Waals surface area contributed by atoms with Gasteiger partial charge in [0, 0.05) is 16.0 Å². The zero-order chi connectivity index (χ0) is 17.5. The molecular weight excluding hydrogens is 356 g/mol. The zero-order valence-corrected chi connectivity index (χ0v) is 15.2. The lowest BCUT2D eigenvalue weighted by molar-refractivity contribution is 0.267. The molecular formula is C19H19ClN2O2S. The van der Waals surface area contributed by atoms with Gasteiger partial charge in [-0.2, -0.15) is 0 Å². The molecule has 2 N–H and O–H groups in total. The maximum Gasteiger partial charge on any atom is 0.142 e. The molecule has 0 spiro atoms. The van der Waals surface area contributed by atoms with Crippen LogP contribution in [0.15, 0.2) is 53.4 Å². The van der Waals surface area contributed by atoms with Crippen molar-refractivity contribution in [3.05, 3.63) is 58.4 Å². The number of anilines is 1. The highest BCUT2D eigenvalue weighted by Gasteiger charge is 2.05. The maximum atomic E-state index is 6.07. The Hall–Kier alpha value is -2.24. The van der Waals surface area contributed by atoms with Crippen LogP contribution in [0.3, 0.4) is 0 Å². The van der Waals surface area contributed by atoms with E-state index in [9.17, 15) is 0 Å². The minimum atomic E-state index is 0.601. The summed E-state index contributed by atoms with van der Waals surface area (Å²) in [5.74, 6) is 1.53. The average molecular weight is 375 g/mol. The lowest BCUT2D eigenvalue weighted by atomic mass is 10.1. The molecule has 4 nitrogen and oxygen atoms in total. The third-order valence-corrected chi connectivity index (χ3v) is 4.45. The molecule has 0 aliphatic heterocycles. The summed E-state index contributed by atoms with van der Waals surface area (Å²) >= 11 is 7.40. The second-order valence-electron chi connectivity index (χ2n) is 5.48. The Labute approximate surface area is 156 Å². The third kappa shape index (κ3) is 5.11. The minimum absolute atomic E-state index is 0.601. The highest BCUT2D eigenvalue weighted by Crippen LogP contribution is 2.28. The van der Waals surface area contributed by atoms with Crippen molar-refractivity contribution in [1.29, 1.82) is 0 Å². The molecule has 0 unspecified atom stereocenters. The van der Waals surface area contributed by atoms with Gasteiger partial charge in [0.1, 0.15) is 11.5 Å². The number of thiazole rings is 1. The van der Waals surface area contributed by atoms with Crippen molar-refractivity contribution in [3.63, 3.8) is 0 Å². The molecule has 0 saturated heterocycles. The molecule has 0 aliphatic rings. The van der Waals surface area contributed by atoms with E-state index >= 15 is 0 Å². The number of benzene rings is 2. The van der Waals surface area contributed by atoms with Gasteiger partial charge < -0.3 is 15.2 Å². The molecule has 3 rings (SSSR count). The normalized spacial score (nSPS) is 10.6. The van der Waals surface area contributed by atoms with Crippen molar-refractivity contribution in [2.24, 2.45) is 0 Å². The van der Waals surface area contributed by atoms with Gasteiger partial charge in [-0.15, -0.1) is 11.3 Å². The first kappa shape index (κ1) is 17.6. The van der Waals surface area contributed by atoms with Crippen molar-refractivity contribution >= 4 is 28.6 Å². The Bertz CT molecular complexity index is 792. The zero-order valence-electron chi connectivity index (χ0n) is 13.7. The summed E-state index contributed by atoms with van der Waals surface area (Å²) in [5.41, 5.74) is 10.4. The van der Waals surface area contributed by atoms with E-state index < -0.39 is 0 Å². The van der Waals surface area contributed by atoms with E-state index in [1.165, 1.54) is 0 Å². The first-order valence-electron chi connectivity index (χ1n) is 8.01.